The highest BCUT2D eigenvalue weighted by Crippen LogP contribution is 2.26. The largest absolute Gasteiger partial charge is 0.378 e. The lowest BCUT2D eigenvalue weighted by atomic mass is 10.0. The van der Waals surface area contributed by atoms with Gasteiger partial charge < -0.3 is 5.32 Å². The van der Waals surface area contributed by atoms with E-state index in [-0.39, 0.29) is 0 Å². The van der Waals surface area contributed by atoms with Gasteiger partial charge in [0.15, 0.2) is 0 Å². The summed E-state index contributed by atoms with van der Waals surface area (Å²) in [6.45, 7) is 2.20. The molecule has 1 atom stereocenters. The van der Waals surface area contributed by atoms with Crippen LogP contribution in [0.1, 0.15) is 24.9 Å². The zero-order valence-corrected chi connectivity index (χ0v) is 13.5. The van der Waals surface area contributed by atoms with Gasteiger partial charge in [-0.1, -0.05) is 41.1 Å². The molecule has 2 aromatic carbocycles. The van der Waals surface area contributed by atoms with Gasteiger partial charge >= 0.3 is 0 Å². The van der Waals surface area contributed by atoms with Crippen LogP contribution in [0.15, 0.2) is 65.3 Å². The number of aromatic nitrogens is 1. The summed E-state index contributed by atoms with van der Waals surface area (Å²) < 4.78 is 1.11. The Bertz CT molecular complexity index is 755. The molecular weight excluding hydrogens is 324 g/mol. The van der Waals surface area contributed by atoms with Crippen LogP contribution in [0.3, 0.4) is 0 Å². The number of pyridine rings is 1. The van der Waals surface area contributed by atoms with E-state index in [4.69, 9.17) is 0 Å². The van der Waals surface area contributed by atoms with Crippen LogP contribution in [0.5, 0.6) is 0 Å². The predicted octanol–water partition coefficient (Wildman–Crippen LogP) is 5.56. The molecule has 1 heterocycles. The highest BCUT2D eigenvalue weighted by molar-refractivity contribution is 9.10. The minimum absolute atomic E-state index is 0.302. The number of fused-ring (bicyclic) bond motifs is 1. The fourth-order valence-electron chi connectivity index (χ4n) is 2.51. The summed E-state index contributed by atoms with van der Waals surface area (Å²) in [6, 6.07) is 19.1. The minimum atomic E-state index is 0.302. The fraction of sp³-hybridized carbons (Fsp3) is 0.167. The van der Waals surface area contributed by atoms with E-state index in [9.17, 15) is 0 Å². The topological polar surface area (TPSA) is 24.9 Å². The summed E-state index contributed by atoms with van der Waals surface area (Å²) in [7, 11) is 0. The molecule has 0 aliphatic rings. The molecule has 1 aromatic heterocycles. The van der Waals surface area contributed by atoms with Crippen LogP contribution in [0.25, 0.3) is 10.9 Å². The third-order valence-corrected chi connectivity index (χ3v) is 4.10. The third kappa shape index (κ3) is 3.24. The van der Waals surface area contributed by atoms with Crippen LogP contribution in [-0.2, 0) is 0 Å². The molecule has 3 rings (SSSR count). The molecule has 0 aliphatic carbocycles. The smallest absolute Gasteiger partial charge is 0.0703 e. The molecule has 2 nitrogen and oxygen atoms in total. The SMILES string of the molecule is CCC(Nc1ccc2ncccc2c1)c1cccc(Br)c1. The highest BCUT2D eigenvalue weighted by atomic mass is 79.9. The summed E-state index contributed by atoms with van der Waals surface area (Å²) >= 11 is 3.54. The molecule has 0 spiro atoms. The molecule has 3 aromatic rings. The average molecular weight is 341 g/mol. The van der Waals surface area contributed by atoms with E-state index in [1.807, 2.05) is 12.3 Å². The molecule has 0 fully saturated rings. The maximum Gasteiger partial charge on any atom is 0.0703 e. The van der Waals surface area contributed by atoms with Gasteiger partial charge in [0.05, 0.1) is 11.6 Å². The summed E-state index contributed by atoms with van der Waals surface area (Å²) in [4.78, 5) is 4.36. The number of hydrogen-bond acceptors (Lipinski definition) is 2. The van der Waals surface area contributed by atoms with E-state index in [2.05, 4.69) is 81.7 Å². The second-order valence-electron chi connectivity index (χ2n) is 5.07. The van der Waals surface area contributed by atoms with Crippen LogP contribution in [-0.4, -0.2) is 4.98 Å². The molecule has 0 radical (unpaired) electrons. The van der Waals surface area contributed by atoms with Crippen LogP contribution >= 0.6 is 15.9 Å². The first kappa shape index (κ1) is 14.1. The van der Waals surface area contributed by atoms with E-state index < -0.39 is 0 Å². The molecular formula is C18H17BrN2. The first-order valence-electron chi connectivity index (χ1n) is 7.13. The van der Waals surface area contributed by atoms with E-state index in [0.29, 0.717) is 6.04 Å². The second-order valence-corrected chi connectivity index (χ2v) is 5.99. The quantitative estimate of drug-likeness (QED) is 0.672. The Labute approximate surface area is 133 Å². The van der Waals surface area contributed by atoms with Crippen molar-refractivity contribution in [2.24, 2.45) is 0 Å². The molecule has 3 heteroatoms. The van der Waals surface area contributed by atoms with Crippen molar-refractivity contribution >= 4 is 32.5 Å². The van der Waals surface area contributed by atoms with Crippen molar-refractivity contribution in [3.05, 3.63) is 70.8 Å². The average Bonchev–Trinajstić information content (AvgIpc) is 2.52. The van der Waals surface area contributed by atoms with E-state index in [1.54, 1.807) is 0 Å². The zero-order chi connectivity index (χ0) is 14.7. The van der Waals surface area contributed by atoms with Gasteiger partial charge in [-0.2, -0.15) is 0 Å². The Balaban J connectivity index is 1.88. The number of benzene rings is 2. The number of halogens is 1. The van der Waals surface area contributed by atoms with Crippen LogP contribution in [0.4, 0.5) is 5.69 Å². The lowest BCUT2D eigenvalue weighted by Gasteiger charge is -2.19. The molecule has 0 saturated heterocycles. The molecule has 0 aliphatic heterocycles. The first-order valence-corrected chi connectivity index (χ1v) is 7.92. The van der Waals surface area contributed by atoms with Crippen LogP contribution < -0.4 is 5.32 Å². The molecule has 1 unspecified atom stereocenters. The number of nitrogens with zero attached hydrogens (tertiary/aromatic N) is 1. The lowest BCUT2D eigenvalue weighted by molar-refractivity contribution is 0.749. The molecule has 1 N–H and O–H groups in total. The summed E-state index contributed by atoms with van der Waals surface area (Å²) in [5, 5.41) is 4.77. The van der Waals surface area contributed by atoms with Gasteiger partial charge in [0.2, 0.25) is 0 Å². The van der Waals surface area contributed by atoms with E-state index in [1.165, 1.54) is 5.56 Å². The Morgan fingerprint density at radius 2 is 2.00 bits per heavy atom. The van der Waals surface area contributed by atoms with Gasteiger partial charge in [0.25, 0.3) is 0 Å². The monoisotopic (exact) mass is 340 g/mol. The number of anilines is 1. The van der Waals surface area contributed by atoms with Gasteiger partial charge in [-0.25, -0.2) is 0 Å². The Morgan fingerprint density at radius 3 is 2.81 bits per heavy atom. The van der Waals surface area contributed by atoms with Crippen molar-refractivity contribution in [2.75, 3.05) is 5.32 Å². The van der Waals surface area contributed by atoms with Crippen molar-refractivity contribution in [3.63, 3.8) is 0 Å². The van der Waals surface area contributed by atoms with E-state index >= 15 is 0 Å². The molecule has 0 amide bonds. The van der Waals surface area contributed by atoms with Gasteiger partial charge in [-0.05, 0) is 48.4 Å². The van der Waals surface area contributed by atoms with Crippen molar-refractivity contribution in [1.82, 2.24) is 4.98 Å². The fourth-order valence-corrected chi connectivity index (χ4v) is 2.93. The second kappa shape index (κ2) is 6.27. The third-order valence-electron chi connectivity index (χ3n) is 3.60. The minimum Gasteiger partial charge on any atom is -0.378 e. The van der Waals surface area contributed by atoms with Crippen LogP contribution in [0.2, 0.25) is 0 Å². The lowest BCUT2D eigenvalue weighted by Crippen LogP contribution is -2.09. The Morgan fingerprint density at radius 1 is 1.10 bits per heavy atom. The molecule has 0 bridgehead atoms. The maximum absolute atomic E-state index is 4.36. The van der Waals surface area contributed by atoms with Gasteiger partial charge in [-0.15, -0.1) is 0 Å². The van der Waals surface area contributed by atoms with Crippen molar-refractivity contribution in [1.29, 1.82) is 0 Å². The summed E-state index contributed by atoms with van der Waals surface area (Å²) in [5.74, 6) is 0. The number of nitrogens with one attached hydrogen (secondary N) is 1. The summed E-state index contributed by atoms with van der Waals surface area (Å²) in [6.07, 6.45) is 2.85. The Hall–Kier alpha value is -1.87. The van der Waals surface area contributed by atoms with Crippen molar-refractivity contribution in [2.45, 2.75) is 19.4 Å². The zero-order valence-electron chi connectivity index (χ0n) is 11.9. The van der Waals surface area contributed by atoms with Gasteiger partial charge in [-0.3, -0.25) is 4.98 Å². The number of hydrogen-bond donors (Lipinski definition) is 1. The van der Waals surface area contributed by atoms with Crippen molar-refractivity contribution in [3.8, 4) is 0 Å². The standard InChI is InChI=1S/C18H17BrN2/c1-2-17(13-5-3-7-15(19)11-13)21-16-8-9-18-14(12-16)6-4-10-20-18/h3-12,17,21H,2H2,1H3. The molecule has 0 saturated carbocycles. The van der Waals surface area contributed by atoms with Gasteiger partial charge in [0, 0.05) is 21.7 Å². The Kier molecular flexibility index (Phi) is 4.20. The highest BCUT2D eigenvalue weighted by Gasteiger charge is 2.09. The number of rotatable bonds is 4. The molecule has 21 heavy (non-hydrogen) atoms. The van der Waals surface area contributed by atoms with Gasteiger partial charge in [0.1, 0.15) is 0 Å². The first-order chi connectivity index (χ1) is 10.3. The van der Waals surface area contributed by atoms with Crippen LogP contribution in [0, 0.1) is 0 Å². The summed E-state index contributed by atoms with van der Waals surface area (Å²) in [5.41, 5.74) is 3.44. The predicted molar refractivity (Wildman–Crippen MR) is 92.5 cm³/mol. The maximum atomic E-state index is 4.36. The molecule has 106 valence electrons. The normalized spacial score (nSPS) is 12.3. The van der Waals surface area contributed by atoms with Crippen molar-refractivity contribution < 1.29 is 0 Å². The van der Waals surface area contributed by atoms with E-state index in [0.717, 1.165) is 27.5 Å².